The smallest absolute Gasteiger partial charge is 0.245 e. The largest absolute Gasteiger partial charge is 0.398 e. The van der Waals surface area contributed by atoms with Gasteiger partial charge in [0.15, 0.2) is 0 Å². The second-order valence-corrected chi connectivity index (χ2v) is 7.68. The van der Waals surface area contributed by atoms with E-state index in [1.54, 1.807) is 18.2 Å². The van der Waals surface area contributed by atoms with Gasteiger partial charge < -0.3 is 10.6 Å². The van der Waals surface area contributed by atoms with Gasteiger partial charge in [0.1, 0.15) is 4.90 Å². The van der Waals surface area contributed by atoms with Crippen molar-refractivity contribution in [2.45, 2.75) is 17.9 Å². The molecule has 0 bridgehead atoms. The molecule has 0 saturated carbocycles. The summed E-state index contributed by atoms with van der Waals surface area (Å²) in [4.78, 5) is 2.31. The lowest BCUT2D eigenvalue weighted by atomic mass is 10.2. The van der Waals surface area contributed by atoms with E-state index in [9.17, 15) is 8.42 Å². The maximum atomic E-state index is 12.6. The van der Waals surface area contributed by atoms with E-state index in [1.165, 1.54) is 4.31 Å². The molecule has 2 rings (SSSR count). The topological polar surface area (TPSA) is 66.6 Å². The predicted molar refractivity (Wildman–Crippen MR) is 79.4 cm³/mol. The Bertz CT molecular complexity index is 576. The Morgan fingerprint density at radius 3 is 2.63 bits per heavy atom. The molecule has 106 valence electrons. The molecule has 5 nitrogen and oxygen atoms in total. The zero-order chi connectivity index (χ0) is 14.2. The third-order valence-electron chi connectivity index (χ3n) is 3.33. The van der Waals surface area contributed by atoms with E-state index in [1.807, 2.05) is 14.0 Å². The number of hydrogen-bond acceptors (Lipinski definition) is 4. The number of likely N-dealkylation sites (N-methyl/N-ethyl adjacent to an activating group) is 1. The van der Waals surface area contributed by atoms with Gasteiger partial charge in [0.05, 0.1) is 5.69 Å². The van der Waals surface area contributed by atoms with Gasteiger partial charge in [0.25, 0.3) is 0 Å². The zero-order valence-corrected chi connectivity index (χ0v) is 13.4. The highest BCUT2D eigenvalue weighted by atomic mass is 79.9. The molecule has 0 radical (unpaired) electrons. The minimum Gasteiger partial charge on any atom is -0.398 e. The molecule has 19 heavy (non-hydrogen) atoms. The van der Waals surface area contributed by atoms with Gasteiger partial charge >= 0.3 is 0 Å². The van der Waals surface area contributed by atoms with Gasteiger partial charge in [0, 0.05) is 30.1 Å². The predicted octanol–water partition coefficient (Wildman–Crippen LogP) is 1.36. The first-order chi connectivity index (χ1) is 8.82. The summed E-state index contributed by atoms with van der Waals surface area (Å²) in [5, 5.41) is 0. The Balaban J connectivity index is 2.37. The SMILES string of the molecule is CC1CN(C)CCN1S(=O)(=O)c1ccc(Br)cc1N. The highest BCUT2D eigenvalue weighted by Crippen LogP contribution is 2.27. The highest BCUT2D eigenvalue weighted by molar-refractivity contribution is 9.10. The van der Waals surface area contributed by atoms with Crippen molar-refractivity contribution in [2.75, 3.05) is 32.4 Å². The van der Waals surface area contributed by atoms with Gasteiger partial charge in [-0.15, -0.1) is 0 Å². The Morgan fingerprint density at radius 2 is 2.05 bits per heavy atom. The van der Waals surface area contributed by atoms with E-state index in [2.05, 4.69) is 20.8 Å². The summed E-state index contributed by atoms with van der Waals surface area (Å²) in [6, 6.07) is 4.82. The van der Waals surface area contributed by atoms with Crippen LogP contribution < -0.4 is 5.73 Å². The van der Waals surface area contributed by atoms with Crippen LogP contribution >= 0.6 is 15.9 Å². The monoisotopic (exact) mass is 347 g/mol. The number of halogens is 1. The standard InChI is InChI=1S/C12H18BrN3O2S/c1-9-8-15(2)5-6-16(9)19(17,18)12-4-3-10(13)7-11(12)14/h3-4,7,9H,5-6,8,14H2,1-2H3. The summed E-state index contributed by atoms with van der Waals surface area (Å²) < 4.78 is 27.6. The number of nitrogens with two attached hydrogens (primary N) is 1. The molecule has 0 spiro atoms. The molecule has 1 heterocycles. The van der Waals surface area contributed by atoms with Crippen LogP contribution in [-0.2, 0) is 10.0 Å². The second-order valence-electron chi connectivity index (χ2n) is 4.91. The minimum absolute atomic E-state index is 0.0493. The van der Waals surface area contributed by atoms with Gasteiger partial charge in [-0.05, 0) is 32.2 Å². The fourth-order valence-electron chi connectivity index (χ4n) is 2.36. The minimum atomic E-state index is -3.52. The summed E-state index contributed by atoms with van der Waals surface area (Å²) in [5.41, 5.74) is 6.12. The molecule has 1 aromatic carbocycles. The lowest BCUT2D eigenvalue weighted by Gasteiger charge is -2.37. The fourth-order valence-corrected chi connectivity index (χ4v) is 4.45. The average Bonchev–Trinajstić information content (AvgIpc) is 2.27. The Kier molecular flexibility index (Phi) is 4.20. The number of nitrogens with zero attached hydrogens (tertiary/aromatic N) is 2. The molecule has 7 heteroatoms. The van der Waals surface area contributed by atoms with Crippen LogP contribution in [0.25, 0.3) is 0 Å². The van der Waals surface area contributed by atoms with Crippen LogP contribution in [-0.4, -0.2) is 50.3 Å². The highest BCUT2D eigenvalue weighted by Gasteiger charge is 2.33. The van der Waals surface area contributed by atoms with Crippen LogP contribution in [0.2, 0.25) is 0 Å². The maximum Gasteiger partial charge on any atom is 0.245 e. The molecule has 1 saturated heterocycles. The average molecular weight is 348 g/mol. The number of nitrogen functional groups attached to an aromatic ring is 1. The summed E-state index contributed by atoms with van der Waals surface area (Å²) in [6.45, 7) is 3.88. The molecule has 0 aromatic heterocycles. The quantitative estimate of drug-likeness (QED) is 0.820. The van der Waals surface area contributed by atoms with E-state index < -0.39 is 10.0 Å². The van der Waals surface area contributed by atoms with E-state index in [-0.39, 0.29) is 16.6 Å². The summed E-state index contributed by atoms with van der Waals surface area (Å²) in [5.74, 6) is 0. The van der Waals surface area contributed by atoms with Crippen LogP contribution in [0.5, 0.6) is 0 Å². The van der Waals surface area contributed by atoms with Crippen molar-refractivity contribution < 1.29 is 8.42 Å². The van der Waals surface area contributed by atoms with Crippen molar-refractivity contribution in [2.24, 2.45) is 0 Å². The lowest BCUT2D eigenvalue weighted by molar-refractivity contribution is 0.170. The van der Waals surface area contributed by atoms with E-state index in [0.717, 1.165) is 17.6 Å². The second kappa shape index (κ2) is 5.40. The molecule has 2 N–H and O–H groups in total. The molecular weight excluding hydrogens is 330 g/mol. The normalized spacial score (nSPS) is 22.6. The lowest BCUT2D eigenvalue weighted by Crippen LogP contribution is -2.52. The molecule has 1 atom stereocenters. The Hall–Kier alpha value is -0.630. The molecule has 1 aliphatic heterocycles. The molecule has 1 aliphatic rings. The third kappa shape index (κ3) is 2.94. The van der Waals surface area contributed by atoms with Crippen LogP contribution in [0.1, 0.15) is 6.92 Å². The van der Waals surface area contributed by atoms with Crippen LogP contribution in [0.3, 0.4) is 0 Å². The number of piperazine rings is 1. The molecule has 1 aromatic rings. The Morgan fingerprint density at radius 1 is 1.37 bits per heavy atom. The molecular formula is C12H18BrN3O2S. The number of rotatable bonds is 2. The van der Waals surface area contributed by atoms with Crippen molar-refractivity contribution in [1.82, 2.24) is 9.21 Å². The molecule has 0 amide bonds. The van der Waals surface area contributed by atoms with E-state index in [4.69, 9.17) is 5.73 Å². The van der Waals surface area contributed by atoms with Crippen molar-refractivity contribution >= 4 is 31.6 Å². The number of benzene rings is 1. The zero-order valence-electron chi connectivity index (χ0n) is 11.0. The first-order valence-electron chi connectivity index (χ1n) is 6.08. The first kappa shape index (κ1) is 14.8. The molecule has 0 aliphatic carbocycles. The Labute approximate surface area is 122 Å². The molecule has 1 unspecified atom stereocenters. The van der Waals surface area contributed by atoms with Crippen molar-refractivity contribution in [3.8, 4) is 0 Å². The van der Waals surface area contributed by atoms with Gasteiger partial charge in [-0.2, -0.15) is 4.31 Å². The van der Waals surface area contributed by atoms with Gasteiger partial charge in [0.2, 0.25) is 10.0 Å². The van der Waals surface area contributed by atoms with Gasteiger partial charge in [-0.3, -0.25) is 0 Å². The summed E-state index contributed by atoms with van der Waals surface area (Å²) in [6.07, 6.45) is 0. The maximum absolute atomic E-state index is 12.6. The van der Waals surface area contributed by atoms with Crippen molar-refractivity contribution in [3.63, 3.8) is 0 Å². The fraction of sp³-hybridized carbons (Fsp3) is 0.500. The van der Waals surface area contributed by atoms with Crippen molar-refractivity contribution in [3.05, 3.63) is 22.7 Å². The summed E-state index contributed by atoms with van der Waals surface area (Å²) >= 11 is 3.28. The van der Waals surface area contributed by atoms with Crippen LogP contribution in [0.4, 0.5) is 5.69 Å². The van der Waals surface area contributed by atoms with Gasteiger partial charge in [-0.25, -0.2) is 8.42 Å². The van der Waals surface area contributed by atoms with Crippen LogP contribution in [0.15, 0.2) is 27.6 Å². The van der Waals surface area contributed by atoms with Gasteiger partial charge in [-0.1, -0.05) is 15.9 Å². The molecule has 1 fully saturated rings. The number of hydrogen-bond donors (Lipinski definition) is 1. The first-order valence-corrected chi connectivity index (χ1v) is 8.31. The van der Waals surface area contributed by atoms with Crippen molar-refractivity contribution in [1.29, 1.82) is 0 Å². The van der Waals surface area contributed by atoms with E-state index in [0.29, 0.717) is 6.54 Å². The summed E-state index contributed by atoms with van der Waals surface area (Å²) in [7, 11) is -1.53. The van der Waals surface area contributed by atoms with E-state index >= 15 is 0 Å². The number of anilines is 1. The third-order valence-corrected chi connectivity index (χ3v) is 5.91. The van der Waals surface area contributed by atoms with Crippen LogP contribution in [0, 0.1) is 0 Å². The number of sulfonamides is 1.